The van der Waals surface area contributed by atoms with Crippen molar-refractivity contribution in [2.75, 3.05) is 6.54 Å². The lowest BCUT2D eigenvalue weighted by atomic mass is 10.1. The maximum atomic E-state index is 11.3. The minimum atomic E-state index is -1.10. The van der Waals surface area contributed by atoms with E-state index in [1.165, 1.54) is 12.1 Å². The molecule has 1 amide bonds. The van der Waals surface area contributed by atoms with E-state index >= 15 is 0 Å². The Balaban J connectivity index is 2.65. The summed E-state index contributed by atoms with van der Waals surface area (Å²) >= 11 is 0. The topological polar surface area (TPSA) is 113 Å². The van der Waals surface area contributed by atoms with E-state index in [0.29, 0.717) is 5.56 Å². The van der Waals surface area contributed by atoms with Gasteiger partial charge in [-0.2, -0.15) is 0 Å². The van der Waals surface area contributed by atoms with Crippen LogP contribution >= 0.6 is 0 Å². The first-order valence-electron chi connectivity index (χ1n) is 5.53. The van der Waals surface area contributed by atoms with Crippen LogP contribution in [0.5, 0.6) is 5.75 Å². The maximum absolute atomic E-state index is 11.3. The highest BCUT2D eigenvalue weighted by molar-refractivity contribution is 5.83. The fourth-order valence-electron chi connectivity index (χ4n) is 1.47. The van der Waals surface area contributed by atoms with Crippen molar-refractivity contribution >= 4 is 11.9 Å². The molecule has 0 saturated carbocycles. The number of hydrogen-bond acceptors (Lipinski definition) is 4. The van der Waals surface area contributed by atoms with Crippen LogP contribution in [0.15, 0.2) is 24.3 Å². The van der Waals surface area contributed by atoms with Crippen molar-refractivity contribution in [1.29, 1.82) is 0 Å². The van der Waals surface area contributed by atoms with Crippen molar-refractivity contribution < 1.29 is 19.8 Å². The van der Waals surface area contributed by atoms with E-state index in [1.807, 2.05) is 0 Å². The first-order chi connectivity index (χ1) is 8.52. The minimum Gasteiger partial charge on any atom is -0.508 e. The number of carbonyl (C=O) groups is 2. The van der Waals surface area contributed by atoms with Gasteiger partial charge in [0.25, 0.3) is 0 Å². The summed E-state index contributed by atoms with van der Waals surface area (Å²) in [5.41, 5.74) is 5.93. The molecule has 0 fully saturated rings. The van der Waals surface area contributed by atoms with Gasteiger partial charge < -0.3 is 21.3 Å². The number of hydrogen-bond donors (Lipinski definition) is 4. The highest BCUT2D eigenvalue weighted by atomic mass is 16.4. The van der Waals surface area contributed by atoms with Gasteiger partial charge in [0.05, 0.1) is 0 Å². The lowest BCUT2D eigenvalue weighted by Gasteiger charge is -2.14. The van der Waals surface area contributed by atoms with Crippen LogP contribution in [-0.2, 0) is 16.0 Å². The molecule has 0 spiro atoms. The van der Waals surface area contributed by atoms with Crippen LogP contribution in [0.3, 0.4) is 0 Å². The lowest BCUT2D eigenvalue weighted by Crippen LogP contribution is -2.42. The van der Waals surface area contributed by atoms with Crippen molar-refractivity contribution in [2.24, 2.45) is 5.73 Å². The largest absolute Gasteiger partial charge is 0.508 e. The number of phenolic OH excluding ortho intramolecular Hbond substituents is 1. The molecule has 1 aromatic carbocycles. The number of carboxylic acid groups (broad SMARTS) is 1. The van der Waals surface area contributed by atoms with Crippen molar-refractivity contribution in [3.63, 3.8) is 0 Å². The number of nitrogens with one attached hydrogen (secondary N) is 1. The van der Waals surface area contributed by atoms with E-state index in [0.717, 1.165) is 0 Å². The second-order valence-electron chi connectivity index (χ2n) is 3.87. The molecular formula is C12H16N2O4. The second kappa shape index (κ2) is 6.61. The van der Waals surface area contributed by atoms with Crippen LogP contribution in [-0.4, -0.2) is 34.7 Å². The highest BCUT2D eigenvalue weighted by Crippen LogP contribution is 2.11. The molecule has 6 nitrogen and oxygen atoms in total. The molecule has 0 unspecified atom stereocenters. The third kappa shape index (κ3) is 4.42. The summed E-state index contributed by atoms with van der Waals surface area (Å²) in [6, 6.07) is 5.17. The van der Waals surface area contributed by atoms with Gasteiger partial charge in [0, 0.05) is 19.4 Å². The summed E-state index contributed by atoms with van der Waals surface area (Å²) < 4.78 is 0. The number of phenols is 1. The van der Waals surface area contributed by atoms with Gasteiger partial charge in [0.15, 0.2) is 0 Å². The maximum Gasteiger partial charge on any atom is 0.326 e. The standard InChI is InChI=1S/C12H16N2O4/c13-6-5-11(16)14-10(12(17)18)7-8-1-3-9(15)4-2-8/h1-4,10,15H,5-7,13H2,(H,14,16)(H,17,18)/t10-/m0/s1. The first kappa shape index (κ1) is 14.0. The number of nitrogens with two attached hydrogens (primary N) is 1. The Morgan fingerprint density at radius 2 is 1.89 bits per heavy atom. The van der Waals surface area contributed by atoms with Crippen LogP contribution in [0.2, 0.25) is 0 Å². The Kier molecular flexibility index (Phi) is 5.13. The molecule has 0 saturated heterocycles. The number of carbonyl (C=O) groups excluding carboxylic acids is 1. The molecule has 0 radical (unpaired) electrons. The van der Waals surface area contributed by atoms with E-state index in [-0.39, 0.29) is 31.0 Å². The van der Waals surface area contributed by atoms with E-state index in [1.54, 1.807) is 12.1 Å². The van der Waals surface area contributed by atoms with Gasteiger partial charge in [-0.05, 0) is 17.7 Å². The summed E-state index contributed by atoms with van der Waals surface area (Å²) in [6.07, 6.45) is 0.255. The number of carboxylic acids is 1. The van der Waals surface area contributed by atoms with Crippen molar-refractivity contribution in [1.82, 2.24) is 5.32 Å². The molecule has 1 atom stereocenters. The molecule has 5 N–H and O–H groups in total. The zero-order valence-electron chi connectivity index (χ0n) is 9.80. The molecule has 0 aromatic heterocycles. The summed E-state index contributed by atoms with van der Waals surface area (Å²) in [6.45, 7) is 0.178. The number of aliphatic carboxylic acids is 1. The van der Waals surface area contributed by atoms with Gasteiger partial charge in [-0.25, -0.2) is 4.79 Å². The molecular weight excluding hydrogens is 236 g/mol. The number of rotatable bonds is 6. The molecule has 1 aromatic rings. The molecule has 0 bridgehead atoms. The highest BCUT2D eigenvalue weighted by Gasteiger charge is 2.19. The summed E-state index contributed by atoms with van der Waals surface area (Å²) in [7, 11) is 0. The number of amides is 1. The second-order valence-corrected chi connectivity index (χ2v) is 3.87. The average Bonchev–Trinajstić information content (AvgIpc) is 2.31. The molecule has 0 aliphatic rings. The fraction of sp³-hybridized carbons (Fsp3) is 0.333. The number of aromatic hydroxyl groups is 1. The summed E-state index contributed by atoms with van der Waals surface area (Å²) in [4.78, 5) is 22.3. The van der Waals surface area contributed by atoms with Gasteiger partial charge in [-0.1, -0.05) is 12.1 Å². The van der Waals surface area contributed by atoms with Crippen LogP contribution < -0.4 is 11.1 Å². The average molecular weight is 252 g/mol. The van der Waals surface area contributed by atoms with E-state index in [9.17, 15) is 9.59 Å². The zero-order chi connectivity index (χ0) is 13.5. The quantitative estimate of drug-likeness (QED) is 0.562. The molecule has 0 heterocycles. The van der Waals surface area contributed by atoms with Crippen LogP contribution in [0, 0.1) is 0 Å². The van der Waals surface area contributed by atoms with Gasteiger partial charge in [-0.3, -0.25) is 4.79 Å². The van der Waals surface area contributed by atoms with Crippen LogP contribution in [0.1, 0.15) is 12.0 Å². The number of benzene rings is 1. The van der Waals surface area contributed by atoms with Gasteiger partial charge >= 0.3 is 5.97 Å². The normalized spacial score (nSPS) is 11.8. The van der Waals surface area contributed by atoms with Crippen LogP contribution in [0.25, 0.3) is 0 Å². The van der Waals surface area contributed by atoms with Gasteiger partial charge in [-0.15, -0.1) is 0 Å². The first-order valence-corrected chi connectivity index (χ1v) is 5.53. The Morgan fingerprint density at radius 1 is 1.28 bits per heavy atom. The van der Waals surface area contributed by atoms with Crippen molar-refractivity contribution in [3.05, 3.63) is 29.8 Å². The summed E-state index contributed by atoms with van der Waals surface area (Å²) in [5, 5.41) is 20.5. The Morgan fingerprint density at radius 3 is 2.39 bits per heavy atom. The summed E-state index contributed by atoms with van der Waals surface area (Å²) in [5.74, 6) is -1.38. The third-order valence-electron chi connectivity index (χ3n) is 2.38. The molecule has 18 heavy (non-hydrogen) atoms. The van der Waals surface area contributed by atoms with Crippen LogP contribution in [0.4, 0.5) is 0 Å². The van der Waals surface area contributed by atoms with Crippen molar-refractivity contribution in [2.45, 2.75) is 18.9 Å². The minimum absolute atomic E-state index is 0.0966. The Hall–Kier alpha value is -2.08. The Labute approximate surface area is 104 Å². The monoisotopic (exact) mass is 252 g/mol. The van der Waals surface area contributed by atoms with E-state index in [4.69, 9.17) is 15.9 Å². The smallest absolute Gasteiger partial charge is 0.326 e. The predicted octanol–water partition coefficient (Wildman–Crippen LogP) is -0.147. The molecule has 0 aliphatic heterocycles. The molecule has 0 aliphatic carbocycles. The van der Waals surface area contributed by atoms with Gasteiger partial charge in [0.1, 0.15) is 11.8 Å². The molecule has 1 rings (SSSR count). The van der Waals surface area contributed by atoms with Crippen molar-refractivity contribution in [3.8, 4) is 5.75 Å². The van der Waals surface area contributed by atoms with E-state index < -0.39 is 12.0 Å². The van der Waals surface area contributed by atoms with Gasteiger partial charge in [0.2, 0.25) is 5.91 Å². The molecule has 98 valence electrons. The zero-order valence-corrected chi connectivity index (χ0v) is 9.80. The lowest BCUT2D eigenvalue weighted by molar-refractivity contribution is -0.141. The fourth-order valence-corrected chi connectivity index (χ4v) is 1.47. The SMILES string of the molecule is NCCC(=O)N[C@@H](Cc1ccc(O)cc1)C(=O)O. The Bertz CT molecular complexity index is 417. The van der Waals surface area contributed by atoms with E-state index in [2.05, 4.69) is 5.32 Å². The third-order valence-corrected chi connectivity index (χ3v) is 2.38. The molecule has 6 heteroatoms. The predicted molar refractivity (Wildman–Crippen MR) is 65.0 cm³/mol.